The number of thiophene rings is 1. The summed E-state index contributed by atoms with van der Waals surface area (Å²) in [7, 11) is 1.76. The highest BCUT2D eigenvalue weighted by Gasteiger charge is 2.05. The van der Waals surface area contributed by atoms with Gasteiger partial charge in [0.05, 0.1) is 6.54 Å². The second kappa shape index (κ2) is 10.2. The van der Waals surface area contributed by atoms with E-state index in [0.29, 0.717) is 12.1 Å². The lowest BCUT2D eigenvalue weighted by atomic mass is 10.2. The van der Waals surface area contributed by atoms with Gasteiger partial charge < -0.3 is 16.0 Å². The van der Waals surface area contributed by atoms with E-state index in [-0.39, 0.29) is 5.91 Å². The van der Waals surface area contributed by atoms with Gasteiger partial charge >= 0.3 is 0 Å². The summed E-state index contributed by atoms with van der Waals surface area (Å²) in [5, 5.41) is 11.6. The van der Waals surface area contributed by atoms with Crippen LogP contribution in [0.15, 0.2) is 45.2 Å². The van der Waals surface area contributed by atoms with Crippen LogP contribution in [0.25, 0.3) is 0 Å². The van der Waals surface area contributed by atoms with Crippen LogP contribution in [-0.2, 0) is 6.54 Å². The van der Waals surface area contributed by atoms with E-state index in [2.05, 4.69) is 55.2 Å². The highest BCUT2D eigenvalue weighted by atomic mass is 79.9. The minimum Gasteiger partial charge on any atom is -0.356 e. The third-order valence-electron chi connectivity index (χ3n) is 3.63. The smallest absolute Gasteiger partial charge is 0.251 e. The van der Waals surface area contributed by atoms with E-state index in [1.165, 1.54) is 10.4 Å². The molecular weight excluding hydrogens is 400 g/mol. The number of carbonyl (C=O) groups is 1. The van der Waals surface area contributed by atoms with Gasteiger partial charge in [-0.3, -0.25) is 9.79 Å². The summed E-state index contributed by atoms with van der Waals surface area (Å²) in [5.74, 6) is 0.711. The molecule has 1 heterocycles. The van der Waals surface area contributed by atoms with Crippen LogP contribution >= 0.6 is 27.3 Å². The summed E-state index contributed by atoms with van der Waals surface area (Å²) >= 11 is 5.11. The van der Waals surface area contributed by atoms with E-state index in [1.54, 1.807) is 24.5 Å². The van der Waals surface area contributed by atoms with Gasteiger partial charge in [-0.15, -0.1) is 11.3 Å². The molecule has 1 aromatic carbocycles. The molecule has 0 aliphatic carbocycles. The largest absolute Gasteiger partial charge is 0.356 e. The predicted octanol–water partition coefficient (Wildman–Crippen LogP) is 3.30. The number of nitrogens with zero attached hydrogens (tertiary/aromatic N) is 1. The zero-order valence-electron chi connectivity index (χ0n) is 14.4. The number of hydrogen-bond acceptors (Lipinski definition) is 3. The van der Waals surface area contributed by atoms with Crippen LogP contribution in [0.1, 0.15) is 27.2 Å². The molecule has 0 radical (unpaired) electrons. The van der Waals surface area contributed by atoms with Gasteiger partial charge in [0.1, 0.15) is 0 Å². The number of guanidine groups is 1. The van der Waals surface area contributed by atoms with Gasteiger partial charge in [-0.1, -0.05) is 22.0 Å². The molecule has 0 aliphatic heterocycles. The molecule has 0 aliphatic rings. The zero-order valence-corrected chi connectivity index (χ0v) is 16.8. The van der Waals surface area contributed by atoms with Crippen molar-refractivity contribution >= 4 is 39.1 Å². The Labute approximate surface area is 161 Å². The van der Waals surface area contributed by atoms with Crippen molar-refractivity contribution in [3.8, 4) is 0 Å². The first-order valence-electron chi connectivity index (χ1n) is 8.11. The van der Waals surface area contributed by atoms with E-state index in [4.69, 9.17) is 0 Å². The number of benzene rings is 1. The molecule has 25 heavy (non-hydrogen) atoms. The highest BCUT2D eigenvalue weighted by molar-refractivity contribution is 9.10. The Balaban J connectivity index is 1.64. The van der Waals surface area contributed by atoms with Crippen molar-refractivity contribution in [1.29, 1.82) is 0 Å². The summed E-state index contributed by atoms with van der Waals surface area (Å²) in [6, 6.07) is 9.48. The molecule has 0 saturated heterocycles. The quantitative estimate of drug-likeness (QED) is 0.364. The molecule has 2 aromatic rings. The van der Waals surface area contributed by atoms with Crippen molar-refractivity contribution in [3.05, 3.63) is 56.2 Å². The lowest BCUT2D eigenvalue weighted by Crippen LogP contribution is -2.38. The molecule has 3 N–H and O–H groups in total. The Kier molecular flexibility index (Phi) is 7.94. The molecule has 0 atom stereocenters. The summed E-state index contributed by atoms with van der Waals surface area (Å²) in [5.41, 5.74) is 1.95. The molecule has 0 bridgehead atoms. The van der Waals surface area contributed by atoms with Crippen LogP contribution in [0, 0.1) is 6.92 Å². The van der Waals surface area contributed by atoms with Crippen LogP contribution in [0.3, 0.4) is 0 Å². The predicted molar refractivity (Wildman–Crippen MR) is 108 cm³/mol. The third kappa shape index (κ3) is 6.51. The molecule has 7 heteroatoms. The number of amides is 1. The Morgan fingerprint density at radius 2 is 2.00 bits per heavy atom. The molecule has 5 nitrogen and oxygen atoms in total. The Bertz CT molecular complexity index is 729. The second-order valence-corrected chi connectivity index (χ2v) is 7.42. The van der Waals surface area contributed by atoms with Crippen molar-refractivity contribution in [3.63, 3.8) is 0 Å². The average molecular weight is 423 g/mol. The Morgan fingerprint density at radius 1 is 1.20 bits per heavy atom. The fourth-order valence-corrected chi connectivity index (χ4v) is 3.44. The molecule has 0 unspecified atom stereocenters. The van der Waals surface area contributed by atoms with Crippen LogP contribution < -0.4 is 16.0 Å². The molecule has 0 saturated carbocycles. The van der Waals surface area contributed by atoms with Gasteiger partial charge in [0.25, 0.3) is 5.91 Å². The zero-order chi connectivity index (χ0) is 18.1. The minimum absolute atomic E-state index is 0.0584. The maximum Gasteiger partial charge on any atom is 0.251 e. The monoisotopic (exact) mass is 422 g/mol. The average Bonchev–Trinajstić information content (AvgIpc) is 3.02. The second-order valence-electron chi connectivity index (χ2n) is 5.50. The fraction of sp³-hybridized carbons (Fsp3) is 0.333. The summed E-state index contributed by atoms with van der Waals surface area (Å²) in [6.07, 6.45) is 0.818. The lowest BCUT2D eigenvalue weighted by Gasteiger charge is -2.12. The number of aliphatic imine (C=N–C) groups is 1. The fourth-order valence-electron chi connectivity index (χ4n) is 2.20. The van der Waals surface area contributed by atoms with Gasteiger partial charge in [0, 0.05) is 35.1 Å². The number of hydrogen-bond donors (Lipinski definition) is 3. The molecule has 2 rings (SSSR count). The SMILES string of the molecule is CN=C(NCCCNC(=O)c1cccc(Br)c1)NCc1sccc1C. The van der Waals surface area contributed by atoms with Gasteiger partial charge in [-0.2, -0.15) is 0 Å². The van der Waals surface area contributed by atoms with Crippen LogP contribution in [0.2, 0.25) is 0 Å². The topological polar surface area (TPSA) is 65.5 Å². The van der Waals surface area contributed by atoms with E-state index >= 15 is 0 Å². The lowest BCUT2D eigenvalue weighted by molar-refractivity contribution is 0.0953. The molecule has 0 spiro atoms. The highest BCUT2D eigenvalue weighted by Crippen LogP contribution is 2.14. The third-order valence-corrected chi connectivity index (χ3v) is 5.14. The molecule has 134 valence electrons. The van der Waals surface area contributed by atoms with E-state index in [9.17, 15) is 4.79 Å². The van der Waals surface area contributed by atoms with Gasteiger partial charge in [-0.05, 0) is 48.6 Å². The summed E-state index contributed by atoms with van der Waals surface area (Å²) in [6.45, 7) is 4.22. The normalized spacial score (nSPS) is 11.2. The number of halogens is 1. The van der Waals surface area contributed by atoms with E-state index in [0.717, 1.165) is 29.9 Å². The first-order chi connectivity index (χ1) is 12.1. The summed E-state index contributed by atoms with van der Waals surface area (Å²) < 4.78 is 0.901. The number of carbonyl (C=O) groups excluding carboxylic acids is 1. The molecule has 1 aromatic heterocycles. The van der Waals surface area contributed by atoms with E-state index < -0.39 is 0 Å². The van der Waals surface area contributed by atoms with Crippen LogP contribution in [-0.4, -0.2) is 32.0 Å². The molecular formula is C18H23BrN4OS. The van der Waals surface area contributed by atoms with Crippen molar-refractivity contribution in [2.75, 3.05) is 20.1 Å². The standard InChI is InChI=1S/C18H23BrN4OS/c1-13-7-10-25-16(13)12-23-18(20-2)22-9-4-8-21-17(24)14-5-3-6-15(19)11-14/h3,5-7,10-11H,4,8-9,12H2,1-2H3,(H,21,24)(H2,20,22,23). The maximum atomic E-state index is 12.0. The molecule has 1 amide bonds. The van der Waals surface area contributed by atoms with Crippen molar-refractivity contribution in [2.45, 2.75) is 19.9 Å². The maximum absolute atomic E-state index is 12.0. The van der Waals surface area contributed by atoms with E-state index in [1.807, 2.05) is 18.2 Å². The Hall–Kier alpha value is -1.86. The number of rotatable bonds is 7. The van der Waals surface area contributed by atoms with Crippen LogP contribution in [0.4, 0.5) is 0 Å². The van der Waals surface area contributed by atoms with Gasteiger partial charge in [0.15, 0.2) is 5.96 Å². The minimum atomic E-state index is -0.0584. The van der Waals surface area contributed by atoms with Gasteiger partial charge in [-0.25, -0.2) is 0 Å². The first kappa shape index (κ1) is 19.5. The number of aryl methyl sites for hydroxylation is 1. The Morgan fingerprint density at radius 3 is 2.68 bits per heavy atom. The van der Waals surface area contributed by atoms with Crippen LogP contribution in [0.5, 0.6) is 0 Å². The first-order valence-corrected chi connectivity index (χ1v) is 9.78. The van der Waals surface area contributed by atoms with Crippen molar-refractivity contribution < 1.29 is 4.79 Å². The summed E-state index contributed by atoms with van der Waals surface area (Å²) in [4.78, 5) is 17.6. The van der Waals surface area contributed by atoms with Gasteiger partial charge in [0.2, 0.25) is 0 Å². The molecule has 0 fully saturated rings. The van der Waals surface area contributed by atoms with Crippen molar-refractivity contribution in [1.82, 2.24) is 16.0 Å². The van der Waals surface area contributed by atoms with Crippen molar-refractivity contribution in [2.24, 2.45) is 4.99 Å². The number of nitrogens with one attached hydrogen (secondary N) is 3.